The van der Waals surface area contributed by atoms with E-state index in [-0.39, 0.29) is 0 Å². The van der Waals surface area contributed by atoms with E-state index in [4.69, 9.17) is 0 Å². The number of hydrogen-bond acceptors (Lipinski definition) is 2. The summed E-state index contributed by atoms with van der Waals surface area (Å²) in [6.07, 6.45) is -5.59. The molecule has 1 atom stereocenters. The number of nitrogens with one attached hydrogen (secondary N) is 1. The van der Waals surface area contributed by atoms with E-state index >= 15 is 0 Å². The van der Waals surface area contributed by atoms with Gasteiger partial charge in [-0.1, -0.05) is 0 Å². The molecule has 0 bridgehead atoms. The highest BCUT2D eigenvalue weighted by atomic mass is 32.2. The highest BCUT2D eigenvalue weighted by Gasteiger charge is 2.47. The van der Waals surface area contributed by atoms with Crippen LogP contribution in [0.1, 0.15) is 0 Å². The molecule has 0 aliphatic carbocycles. The number of rotatable bonds is 1. The molecule has 0 saturated carbocycles. The van der Waals surface area contributed by atoms with Gasteiger partial charge in [0, 0.05) is 0 Å². The van der Waals surface area contributed by atoms with Crippen LogP contribution in [0.25, 0.3) is 0 Å². The maximum absolute atomic E-state index is 11.9. The van der Waals surface area contributed by atoms with Crippen molar-refractivity contribution in [2.75, 3.05) is 7.05 Å². The Kier molecular flexibility index (Phi) is 3.74. The average molecular weight is 258 g/mol. The summed E-state index contributed by atoms with van der Waals surface area (Å²) >= 11 is 0. The van der Waals surface area contributed by atoms with Crippen molar-refractivity contribution in [1.82, 2.24) is 4.72 Å². The molecule has 15 heavy (non-hydrogen) atoms. The molecule has 0 fully saturated rings. The number of nitrogens with zero attached hydrogens (tertiary/aromatic N) is 1. The Labute approximate surface area is 80.0 Å². The van der Waals surface area contributed by atoms with Gasteiger partial charge < -0.3 is 0 Å². The smallest absolute Gasteiger partial charge is 0.261 e. The fraction of sp³-hybridized carbons (Fsp3) is 0.750. The van der Waals surface area contributed by atoms with Crippen molar-refractivity contribution < 1.29 is 35.3 Å². The molecule has 0 aromatic heterocycles. The Hall–Kier alpha value is -0.840. The molecule has 4 nitrogen and oxygen atoms in total. The Balaban J connectivity index is 5.45. The van der Waals surface area contributed by atoms with Crippen LogP contribution in [-0.2, 0) is 14.7 Å². The van der Waals surface area contributed by atoms with Gasteiger partial charge in [0.05, 0.1) is 0 Å². The summed E-state index contributed by atoms with van der Waals surface area (Å²) in [6.45, 7) is 0. The molecule has 0 spiro atoms. The van der Waals surface area contributed by atoms with Crippen molar-refractivity contribution >= 4 is 15.8 Å². The Morgan fingerprint density at radius 2 is 1.60 bits per heavy atom. The van der Waals surface area contributed by atoms with Crippen LogP contribution >= 0.6 is 0 Å². The van der Waals surface area contributed by atoms with E-state index in [1.54, 1.807) is 4.36 Å². The molecule has 0 aromatic carbocycles. The van der Waals surface area contributed by atoms with Gasteiger partial charge in [-0.2, -0.15) is 26.3 Å². The standard InChI is InChI=1S/C4H4F6N2O2S/c1-11-15(14,4(8,9)10)12-2(13)3(5,6)7/h1H3,(H,11,12,13,14). The molecule has 0 radical (unpaired) electrons. The second-order valence-electron chi connectivity index (χ2n) is 2.07. The maximum Gasteiger partial charge on any atom is 0.493 e. The maximum atomic E-state index is 11.9. The van der Waals surface area contributed by atoms with Gasteiger partial charge in [0.1, 0.15) is 0 Å². The van der Waals surface area contributed by atoms with Crippen LogP contribution in [0.4, 0.5) is 26.3 Å². The highest BCUT2D eigenvalue weighted by molar-refractivity contribution is 7.92. The fourth-order valence-electron chi connectivity index (χ4n) is 0.382. The lowest BCUT2D eigenvalue weighted by Crippen LogP contribution is -2.36. The van der Waals surface area contributed by atoms with E-state index in [0.717, 1.165) is 4.72 Å². The predicted molar refractivity (Wildman–Crippen MR) is 36.7 cm³/mol. The number of amides is 1. The Morgan fingerprint density at radius 1 is 1.20 bits per heavy atom. The van der Waals surface area contributed by atoms with Gasteiger partial charge in [-0.25, -0.2) is 8.93 Å². The summed E-state index contributed by atoms with van der Waals surface area (Å²) < 4.78 is 83.7. The monoisotopic (exact) mass is 258 g/mol. The lowest BCUT2D eigenvalue weighted by Gasteiger charge is -2.11. The van der Waals surface area contributed by atoms with E-state index < -0.39 is 27.5 Å². The van der Waals surface area contributed by atoms with Crippen LogP contribution in [0.2, 0.25) is 0 Å². The number of carbonyl (C=O) groups excluding carboxylic acids is 1. The quantitative estimate of drug-likeness (QED) is 0.718. The third-order valence-corrected chi connectivity index (χ3v) is 2.65. The SMILES string of the molecule is CNS(=O)(=NC(=O)C(F)(F)F)C(F)(F)F. The molecule has 0 saturated heterocycles. The van der Waals surface area contributed by atoms with Gasteiger partial charge in [0.25, 0.3) is 0 Å². The van der Waals surface area contributed by atoms with Crippen LogP contribution in [0.15, 0.2) is 4.36 Å². The second-order valence-corrected chi connectivity index (χ2v) is 4.18. The van der Waals surface area contributed by atoms with E-state index in [9.17, 15) is 35.3 Å². The minimum atomic E-state index is -5.59. The summed E-state index contributed by atoms with van der Waals surface area (Å²) in [7, 11) is -4.94. The van der Waals surface area contributed by atoms with Crippen LogP contribution in [0.5, 0.6) is 0 Å². The number of carbonyl (C=O) groups is 1. The lowest BCUT2D eigenvalue weighted by molar-refractivity contribution is -0.169. The predicted octanol–water partition coefficient (Wildman–Crippen LogP) is 1.20. The molecule has 11 heteroatoms. The van der Waals surface area contributed by atoms with Gasteiger partial charge >= 0.3 is 17.6 Å². The molecule has 0 aromatic rings. The number of halogens is 6. The largest absolute Gasteiger partial charge is 0.493 e. The van der Waals surface area contributed by atoms with Gasteiger partial charge in [0.2, 0.25) is 9.92 Å². The van der Waals surface area contributed by atoms with Gasteiger partial charge in [-0.15, -0.1) is 4.36 Å². The molecule has 1 unspecified atom stereocenters. The third-order valence-electron chi connectivity index (χ3n) is 1.04. The van der Waals surface area contributed by atoms with Crippen LogP contribution in [-0.4, -0.2) is 28.8 Å². The van der Waals surface area contributed by atoms with Crippen LogP contribution in [0.3, 0.4) is 0 Å². The third kappa shape index (κ3) is 3.34. The normalized spacial score (nSPS) is 17.0. The molecular formula is C4H4F6N2O2S. The first kappa shape index (κ1) is 14.2. The number of hydrogen-bond donors (Lipinski definition) is 1. The topological polar surface area (TPSA) is 58.5 Å². The fourth-order valence-corrected chi connectivity index (χ4v) is 1.14. The molecule has 1 amide bonds. The first-order valence-corrected chi connectivity index (χ1v) is 4.58. The van der Waals surface area contributed by atoms with Gasteiger partial charge in [-0.3, -0.25) is 4.79 Å². The summed E-state index contributed by atoms with van der Waals surface area (Å²) in [5.41, 5.74) is -5.57. The van der Waals surface area contributed by atoms with Crippen LogP contribution < -0.4 is 4.72 Å². The van der Waals surface area contributed by atoms with E-state index in [0.29, 0.717) is 7.05 Å². The minimum Gasteiger partial charge on any atom is -0.261 e. The van der Waals surface area contributed by atoms with Crippen molar-refractivity contribution in [1.29, 1.82) is 0 Å². The van der Waals surface area contributed by atoms with Crippen molar-refractivity contribution in [3.63, 3.8) is 0 Å². The lowest BCUT2D eigenvalue weighted by atomic mass is 10.6. The molecule has 0 rings (SSSR count). The molecule has 1 N–H and O–H groups in total. The zero-order valence-corrected chi connectivity index (χ0v) is 7.76. The zero-order chi connectivity index (χ0) is 12.5. The summed E-state index contributed by atoms with van der Waals surface area (Å²) in [5.74, 6) is -3.06. The first-order valence-electron chi connectivity index (χ1n) is 3.07. The van der Waals surface area contributed by atoms with Crippen molar-refractivity contribution in [3.8, 4) is 0 Å². The second kappa shape index (κ2) is 3.96. The Morgan fingerprint density at radius 3 is 1.80 bits per heavy atom. The molecular weight excluding hydrogens is 254 g/mol. The summed E-state index contributed by atoms with van der Waals surface area (Å²) in [5, 5.41) is 0. The van der Waals surface area contributed by atoms with Gasteiger partial charge in [0.15, 0.2) is 0 Å². The molecule has 0 heterocycles. The van der Waals surface area contributed by atoms with Crippen molar-refractivity contribution in [2.24, 2.45) is 4.36 Å². The van der Waals surface area contributed by atoms with Crippen molar-refractivity contribution in [3.05, 3.63) is 0 Å². The first-order chi connectivity index (χ1) is 6.44. The average Bonchev–Trinajstić information content (AvgIpc) is 2.00. The van der Waals surface area contributed by atoms with Crippen molar-refractivity contribution in [2.45, 2.75) is 11.7 Å². The zero-order valence-electron chi connectivity index (χ0n) is 6.94. The Bertz CT molecular complexity index is 362. The van der Waals surface area contributed by atoms with E-state index in [1.807, 2.05) is 0 Å². The molecule has 0 aliphatic rings. The summed E-state index contributed by atoms with van der Waals surface area (Å²) in [6, 6.07) is 0. The molecule has 90 valence electrons. The minimum absolute atomic E-state index is 0.475. The van der Waals surface area contributed by atoms with Gasteiger partial charge in [-0.05, 0) is 7.05 Å². The van der Waals surface area contributed by atoms with Crippen LogP contribution in [0, 0.1) is 0 Å². The van der Waals surface area contributed by atoms with E-state index in [2.05, 4.69) is 0 Å². The molecule has 0 aliphatic heterocycles. The highest BCUT2D eigenvalue weighted by Crippen LogP contribution is 2.26. The summed E-state index contributed by atoms with van der Waals surface area (Å²) in [4.78, 5) is 10.1. The van der Waals surface area contributed by atoms with E-state index in [1.165, 1.54) is 0 Å². The number of alkyl halides is 6.